The summed E-state index contributed by atoms with van der Waals surface area (Å²) in [5.74, 6) is 1.35. The third kappa shape index (κ3) is 5.51. The Bertz CT molecular complexity index is 659. The topological polar surface area (TPSA) is 12.1 Å². The number of rotatable bonds is 3. The number of hydrogen-bond donors (Lipinski definition) is 0. The molecule has 1 saturated heterocycles. The molecule has 2 heterocycles. The Labute approximate surface area is 146 Å². The Balaban J connectivity index is 0.000000399. The standard InChI is InChI=1S/C17H24N3.BF4/c1-3-20-16(15-10-6-4-7-11-15)14-17(18(20)2)19-12-8-5-9-13-19;2-1(3,4)5/h4,6-7,10-11,14H,3,5,8-9,12-13H2,1-2H3;/q+1;-1. The Hall–Kier alpha value is -1.99. The van der Waals surface area contributed by atoms with Crippen LogP contribution in [0.1, 0.15) is 26.2 Å². The molecule has 1 aromatic heterocycles. The van der Waals surface area contributed by atoms with Gasteiger partial charge >= 0.3 is 7.25 Å². The fourth-order valence-electron chi connectivity index (χ4n) is 3.22. The van der Waals surface area contributed by atoms with Crippen molar-refractivity contribution >= 4 is 13.1 Å². The third-order valence-corrected chi connectivity index (χ3v) is 4.29. The van der Waals surface area contributed by atoms with Gasteiger partial charge in [0.05, 0.1) is 13.1 Å². The maximum absolute atomic E-state index is 9.75. The van der Waals surface area contributed by atoms with Crippen LogP contribution in [-0.2, 0) is 13.6 Å². The lowest BCUT2D eigenvalue weighted by molar-refractivity contribution is -0.759. The first-order valence-electron chi connectivity index (χ1n) is 8.58. The van der Waals surface area contributed by atoms with Gasteiger partial charge < -0.3 is 22.2 Å². The molecule has 1 fully saturated rings. The van der Waals surface area contributed by atoms with E-state index in [0.717, 1.165) is 6.54 Å². The van der Waals surface area contributed by atoms with E-state index < -0.39 is 7.25 Å². The summed E-state index contributed by atoms with van der Waals surface area (Å²) < 4.78 is 43.7. The minimum Gasteiger partial charge on any atom is -0.418 e. The van der Waals surface area contributed by atoms with E-state index in [0.29, 0.717) is 0 Å². The summed E-state index contributed by atoms with van der Waals surface area (Å²) in [6.07, 6.45) is 4.01. The molecule has 1 aliphatic rings. The molecule has 0 spiro atoms. The highest BCUT2D eigenvalue weighted by atomic mass is 19.5. The molecule has 25 heavy (non-hydrogen) atoms. The highest BCUT2D eigenvalue weighted by Crippen LogP contribution is 2.24. The van der Waals surface area contributed by atoms with Crippen molar-refractivity contribution in [2.24, 2.45) is 7.05 Å². The SMILES string of the molecule is CC[n+]1c(-c2ccccc2)cc(N2CCCCC2)n1C.F[B-](F)(F)F. The maximum Gasteiger partial charge on any atom is 0.673 e. The molecule has 0 N–H and O–H groups in total. The molecular weight excluding hydrogens is 333 g/mol. The fraction of sp³-hybridized carbons (Fsp3) is 0.471. The molecule has 3 nitrogen and oxygen atoms in total. The molecule has 1 aromatic carbocycles. The van der Waals surface area contributed by atoms with Gasteiger partial charge in [0.2, 0.25) is 5.69 Å². The minimum absolute atomic E-state index is 0.995. The summed E-state index contributed by atoms with van der Waals surface area (Å²) in [5.41, 5.74) is 2.62. The van der Waals surface area contributed by atoms with Gasteiger partial charge in [-0.1, -0.05) is 18.2 Å². The third-order valence-electron chi connectivity index (χ3n) is 4.29. The number of halogens is 4. The summed E-state index contributed by atoms with van der Waals surface area (Å²) in [6, 6.07) is 13.0. The molecule has 0 saturated carbocycles. The normalized spacial score (nSPS) is 14.9. The van der Waals surface area contributed by atoms with Gasteiger partial charge in [-0.3, -0.25) is 0 Å². The van der Waals surface area contributed by atoms with Crippen LogP contribution < -0.4 is 9.58 Å². The lowest BCUT2D eigenvalue weighted by Gasteiger charge is -2.27. The predicted octanol–water partition coefficient (Wildman–Crippen LogP) is 4.29. The predicted molar refractivity (Wildman–Crippen MR) is 93.0 cm³/mol. The highest BCUT2D eigenvalue weighted by molar-refractivity contribution is 6.50. The van der Waals surface area contributed by atoms with Gasteiger partial charge in [0.25, 0.3) is 0 Å². The maximum atomic E-state index is 9.75. The number of anilines is 1. The van der Waals surface area contributed by atoms with Crippen LogP contribution in [0.2, 0.25) is 0 Å². The van der Waals surface area contributed by atoms with E-state index in [2.05, 4.69) is 64.6 Å². The molecule has 0 unspecified atom stereocenters. The van der Waals surface area contributed by atoms with E-state index in [9.17, 15) is 17.3 Å². The van der Waals surface area contributed by atoms with E-state index in [1.54, 1.807) is 0 Å². The smallest absolute Gasteiger partial charge is 0.418 e. The summed E-state index contributed by atoms with van der Waals surface area (Å²) in [5, 5.41) is 0. The quantitative estimate of drug-likeness (QED) is 0.453. The van der Waals surface area contributed by atoms with Crippen molar-refractivity contribution in [1.29, 1.82) is 0 Å². The largest absolute Gasteiger partial charge is 0.673 e. The van der Waals surface area contributed by atoms with Gasteiger partial charge in [-0.15, -0.1) is 9.36 Å². The van der Waals surface area contributed by atoms with Crippen LogP contribution in [0.25, 0.3) is 11.3 Å². The zero-order chi connectivity index (χ0) is 18.4. The second-order valence-corrected chi connectivity index (χ2v) is 6.04. The van der Waals surface area contributed by atoms with E-state index in [1.165, 1.54) is 49.4 Å². The van der Waals surface area contributed by atoms with Gasteiger partial charge in [-0.05, 0) is 38.3 Å². The molecule has 0 radical (unpaired) electrons. The first-order chi connectivity index (χ1) is 11.8. The zero-order valence-electron chi connectivity index (χ0n) is 14.6. The molecule has 0 aliphatic carbocycles. The molecule has 8 heteroatoms. The first kappa shape index (κ1) is 19.3. The minimum atomic E-state index is -6.00. The van der Waals surface area contributed by atoms with Crippen molar-refractivity contribution in [2.45, 2.75) is 32.7 Å². The molecule has 2 aromatic rings. The van der Waals surface area contributed by atoms with Gasteiger partial charge in [0.1, 0.15) is 0 Å². The van der Waals surface area contributed by atoms with E-state index >= 15 is 0 Å². The number of piperidine rings is 1. The second kappa shape index (κ2) is 8.40. The summed E-state index contributed by atoms with van der Waals surface area (Å²) >= 11 is 0. The van der Waals surface area contributed by atoms with E-state index in [4.69, 9.17) is 0 Å². The Morgan fingerprint density at radius 1 is 1.00 bits per heavy atom. The van der Waals surface area contributed by atoms with Crippen molar-refractivity contribution in [3.63, 3.8) is 0 Å². The summed E-state index contributed by atoms with van der Waals surface area (Å²) in [7, 11) is -3.82. The second-order valence-electron chi connectivity index (χ2n) is 6.04. The average molecular weight is 357 g/mol. The number of aromatic nitrogens is 2. The number of benzene rings is 1. The molecule has 1 aliphatic heterocycles. The molecule has 0 amide bonds. The van der Waals surface area contributed by atoms with Crippen molar-refractivity contribution in [3.05, 3.63) is 36.4 Å². The molecule has 0 bridgehead atoms. The molecule has 0 atom stereocenters. The van der Waals surface area contributed by atoms with Crippen molar-refractivity contribution in [2.75, 3.05) is 18.0 Å². The van der Waals surface area contributed by atoms with Gasteiger partial charge in [-0.25, -0.2) is 0 Å². The Morgan fingerprint density at radius 3 is 2.08 bits per heavy atom. The van der Waals surface area contributed by atoms with Crippen LogP contribution in [0.15, 0.2) is 36.4 Å². The molecule has 3 rings (SSSR count). The summed E-state index contributed by atoms with van der Waals surface area (Å²) in [4.78, 5) is 2.53. The molecular formula is C17H24BF4N3. The van der Waals surface area contributed by atoms with Crippen LogP contribution >= 0.6 is 0 Å². The van der Waals surface area contributed by atoms with E-state index in [-0.39, 0.29) is 0 Å². The van der Waals surface area contributed by atoms with Crippen LogP contribution in [0.5, 0.6) is 0 Å². The Morgan fingerprint density at radius 2 is 1.56 bits per heavy atom. The van der Waals surface area contributed by atoms with Crippen molar-refractivity contribution in [1.82, 2.24) is 4.68 Å². The van der Waals surface area contributed by atoms with Crippen LogP contribution in [-0.4, -0.2) is 25.0 Å². The fourth-order valence-corrected chi connectivity index (χ4v) is 3.22. The average Bonchev–Trinajstić information content (AvgIpc) is 2.91. The number of nitrogens with zero attached hydrogens (tertiary/aromatic N) is 3. The highest BCUT2D eigenvalue weighted by Gasteiger charge is 2.24. The Kier molecular flexibility index (Phi) is 6.50. The summed E-state index contributed by atoms with van der Waals surface area (Å²) in [6.45, 7) is 5.59. The monoisotopic (exact) mass is 357 g/mol. The lowest BCUT2D eigenvalue weighted by Crippen LogP contribution is -2.44. The van der Waals surface area contributed by atoms with Crippen molar-refractivity contribution < 1.29 is 21.9 Å². The first-order valence-corrected chi connectivity index (χ1v) is 8.58. The van der Waals surface area contributed by atoms with Gasteiger partial charge in [-0.2, -0.15) is 0 Å². The zero-order valence-corrected chi connectivity index (χ0v) is 14.6. The van der Waals surface area contributed by atoms with Crippen LogP contribution in [0.3, 0.4) is 0 Å². The van der Waals surface area contributed by atoms with Crippen LogP contribution in [0, 0.1) is 0 Å². The van der Waals surface area contributed by atoms with E-state index in [1.807, 2.05) is 0 Å². The number of hydrogen-bond acceptors (Lipinski definition) is 1. The van der Waals surface area contributed by atoms with Gasteiger partial charge in [0, 0.05) is 18.7 Å². The van der Waals surface area contributed by atoms with Crippen LogP contribution in [0.4, 0.5) is 23.1 Å². The lowest BCUT2D eigenvalue weighted by atomic mass is 10.1. The van der Waals surface area contributed by atoms with Crippen molar-refractivity contribution in [3.8, 4) is 11.3 Å². The molecule has 138 valence electrons. The van der Waals surface area contributed by atoms with Gasteiger partial charge in [0.15, 0.2) is 12.4 Å².